The van der Waals surface area contributed by atoms with Crippen molar-refractivity contribution in [1.82, 2.24) is 20.1 Å². The molecule has 2 rings (SSSR count). The molecule has 0 saturated carbocycles. The monoisotopic (exact) mass is 576 g/mol. The molecule has 0 spiro atoms. The van der Waals surface area contributed by atoms with Gasteiger partial charge in [0.15, 0.2) is 0 Å². The quantitative estimate of drug-likeness (QED) is 0.120. The first-order valence-corrected chi connectivity index (χ1v) is 5.95. The van der Waals surface area contributed by atoms with E-state index in [9.17, 15) is 12.9 Å². The van der Waals surface area contributed by atoms with Gasteiger partial charge < -0.3 is 4.70 Å². The van der Waals surface area contributed by atoms with Crippen molar-refractivity contribution in [1.29, 1.82) is 2.67 Å². The van der Waals surface area contributed by atoms with Gasteiger partial charge in [0, 0.05) is 31.1 Å². The van der Waals surface area contributed by atoms with Crippen molar-refractivity contribution in [3.63, 3.8) is 0 Å². The first-order chi connectivity index (χ1) is 11.2. The van der Waals surface area contributed by atoms with Crippen molar-refractivity contribution in [2.24, 2.45) is 0 Å². The van der Waals surface area contributed by atoms with Gasteiger partial charge in [0.25, 0.3) is 0 Å². The van der Waals surface area contributed by atoms with Gasteiger partial charge in [-0.2, -0.15) is 0 Å². The van der Waals surface area contributed by atoms with Crippen LogP contribution in [0.25, 0.3) is 11.0 Å². The van der Waals surface area contributed by atoms with Gasteiger partial charge >= 0.3 is 13.6 Å². The molecule has 0 amide bonds. The molecule has 131 valence electrons. The Morgan fingerprint density at radius 1 is 1.33 bits per heavy atom. The molecule has 0 aliphatic heterocycles. The number of hydrogen-bond acceptors (Lipinski definition) is 3. The zero-order valence-electron chi connectivity index (χ0n) is 15.6. The van der Waals surface area contributed by atoms with Crippen LogP contribution in [0.4, 0.5) is 12.9 Å². The molecular weight excluding hydrogens is 554 g/mol. The molecule has 6 nitrogen and oxygen atoms in total. The molecular formula is C11H18B2F4N5OU. The summed E-state index contributed by atoms with van der Waals surface area (Å²) >= 11 is 0. The zero-order chi connectivity index (χ0) is 18.7. The minimum atomic E-state index is -3.67. The van der Waals surface area contributed by atoms with Crippen molar-refractivity contribution < 1.29 is 58.2 Å². The number of halogens is 4. The molecule has 1 aromatic carbocycles. The Labute approximate surface area is 166 Å². The van der Waals surface area contributed by atoms with E-state index in [4.69, 9.17) is 7.51 Å². The Bertz CT molecular complexity index is 647. The maximum atomic E-state index is 9.67. The molecule has 0 N–H and O–H groups in total. The second kappa shape index (κ2) is 13.1. The van der Waals surface area contributed by atoms with Crippen LogP contribution in [0.1, 0.15) is 0 Å². The van der Waals surface area contributed by atoms with Gasteiger partial charge in [0.1, 0.15) is 11.0 Å². The third kappa shape index (κ3) is 8.59. The molecule has 0 atom stereocenters. The molecule has 1 heterocycles. The molecule has 0 bridgehead atoms. The summed E-state index contributed by atoms with van der Waals surface area (Å²) in [5.41, 5.74) is 1.65. The van der Waals surface area contributed by atoms with Crippen LogP contribution in [-0.4, -0.2) is 77.4 Å². The summed E-state index contributed by atoms with van der Waals surface area (Å²) in [6.45, 7) is 0. The Morgan fingerprint density at radius 3 is 2.29 bits per heavy atom. The third-order valence-corrected chi connectivity index (χ3v) is 2.25. The van der Waals surface area contributed by atoms with Crippen molar-refractivity contribution in [3.05, 3.63) is 24.3 Å². The van der Waals surface area contributed by atoms with E-state index in [1.54, 1.807) is 0 Å². The fourth-order valence-electron chi connectivity index (χ4n) is 1.56. The first-order valence-electron chi connectivity index (χ1n) is 7.11. The van der Waals surface area contributed by atoms with Crippen molar-refractivity contribution in [2.45, 2.75) is 0 Å². The molecule has 0 aliphatic carbocycles. The molecule has 1 aromatic heterocycles. The van der Waals surface area contributed by atoms with Crippen molar-refractivity contribution >= 4 is 32.9 Å². The number of nitrogens with zero attached hydrogens (tertiary/aromatic N) is 5. The molecule has 0 fully saturated rings. The van der Waals surface area contributed by atoms with Gasteiger partial charge in [-0.05, 0) is 20.0 Å². The van der Waals surface area contributed by atoms with Gasteiger partial charge in [-0.15, -0.1) is 5.10 Å². The predicted molar refractivity (Wildman–Crippen MR) is 82.5 cm³/mol. The summed E-state index contributed by atoms with van der Waals surface area (Å²) in [6, 6.07) is 8.34. The number of hydrogen-bond donors (Lipinski definition) is 0. The molecule has 13 heteroatoms. The Balaban J connectivity index is -0.000000511. The number of aromatic nitrogens is 3. The fourth-order valence-corrected chi connectivity index (χ4v) is 1.56. The Morgan fingerprint density at radius 2 is 1.83 bits per heavy atom. The van der Waals surface area contributed by atoms with E-state index in [0.29, 0.717) is 14.4 Å². The first kappa shape index (κ1) is 22.8. The van der Waals surface area contributed by atoms with Crippen LogP contribution in [-0.2, 0) is 0 Å². The number of amidine groups is 1. The van der Waals surface area contributed by atoms with E-state index < -0.39 is 7.54 Å². The minimum Gasteiger partial charge on any atom is -1.00 e. The van der Waals surface area contributed by atoms with Gasteiger partial charge in [-0.1, -0.05) is 17.0 Å². The van der Waals surface area contributed by atoms with E-state index >= 15 is 0 Å². The van der Waals surface area contributed by atoms with E-state index in [0.717, 1.165) is 11.0 Å². The summed E-state index contributed by atoms with van der Waals surface area (Å²) in [6.07, 6.45) is 0. The average Bonchev–Trinajstić information content (AvgIpc) is 2.87. The van der Waals surface area contributed by atoms with E-state index in [1.165, 1.54) is 4.85 Å². The second-order valence-electron chi connectivity index (χ2n) is 4.36. The minimum absolute atomic E-state index is 0. The van der Waals surface area contributed by atoms with Crippen LogP contribution in [0.15, 0.2) is 24.3 Å². The zero-order valence-corrected chi connectivity index (χ0v) is 17.8. The Kier molecular flexibility index (Phi) is 12.5. The van der Waals surface area contributed by atoms with Gasteiger partial charge in [-0.3, -0.25) is 17.8 Å². The summed E-state index contributed by atoms with van der Waals surface area (Å²) in [4.78, 5) is 8.99. The largest absolute Gasteiger partial charge is 1.00 e. The topological polar surface area (TPSA) is 46.2 Å². The number of fused-ring (bicyclic) bond motifs is 1. The van der Waals surface area contributed by atoms with Crippen LogP contribution >= 0.6 is 0 Å². The van der Waals surface area contributed by atoms with Gasteiger partial charge in [-0.25, -0.2) is 9.48 Å². The maximum Gasteiger partial charge on any atom is 0.762 e. The molecule has 0 aliphatic rings. The normalized spacial score (nSPS) is 9.12. The SMILES string of the molecule is CN(C)C(On1nnc2ccccc21)=[N+](C)C.FB(F)F.[3H][B][3H].[F-].[U]. The van der Waals surface area contributed by atoms with Gasteiger partial charge in [0.05, 0.1) is 36.5 Å². The summed E-state index contributed by atoms with van der Waals surface area (Å²) in [7, 11) is 4.48. The van der Waals surface area contributed by atoms with Crippen LogP contribution in [0.3, 0.4) is 0 Å². The van der Waals surface area contributed by atoms with Crippen LogP contribution < -0.4 is 9.54 Å². The van der Waals surface area contributed by atoms with Gasteiger partial charge in [0.2, 0.25) is 0 Å². The average molecular weight is 576 g/mol. The number of benzene rings is 1. The number of para-hydroxylation sites is 1. The van der Waals surface area contributed by atoms with Crippen molar-refractivity contribution in [3.8, 4) is 0 Å². The molecule has 2 aromatic rings. The Hall–Kier alpha value is -1.21. The van der Waals surface area contributed by atoms with Crippen LogP contribution in [0.5, 0.6) is 0 Å². The standard InChI is InChI=1S/C11H16N5O.BF3.BH2.FH.U/c1-14(2)11(15(3)4)17-16-10-8-6-5-7-9(10)12-13-16;2-1(3)4;;;/h5-8H,1-4H3;;1H2;1H;/q+1;;;;/p-1/i;;1T2;;. The van der Waals surface area contributed by atoms with E-state index in [2.05, 4.69) is 10.3 Å². The van der Waals surface area contributed by atoms with E-state index in [1.807, 2.05) is 61.9 Å². The molecule has 0 unspecified atom stereocenters. The molecule has 0 saturated heterocycles. The van der Waals surface area contributed by atoms with Crippen LogP contribution in [0, 0.1) is 31.1 Å². The summed E-state index contributed by atoms with van der Waals surface area (Å²) in [5.74, 6) is 0. The van der Waals surface area contributed by atoms with Crippen LogP contribution in [0.2, 0.25) is 0 Å². The number of rotatable bonds is 1. The maximum absolute atomic E-state index is 9.67. The van der Waals surface area contributed by atoms with E-state index in [-0.39, 0.29) is 35.8 Å². The summed E-state index contributed by atoms with van der Waals surface area (Å²) in [5, 5.41) is 8.00. The fraction of sp³-hybridized carbons (Fsp3) is 0.364. The smallest absolute Gasteiger partial charge is 0.762 e. The second-order valence-corrected chi connectivity index (χ2v) is 4.36. The third-order valence-electron chi connectivity index (χ3n) is 2.25. The predicted octanol–water partition coefficient (Wildman–Crippen LogP) is -2.98. The molecule has 24 heavy (non-hydrogen) atoms. The molecule has 1 radical (unpaired) electrons. The summed E-state index contributed by atoms with van der Waals surface area (Å²) < 4.78 is 42.4. The van der Waals surface area contributed by atoms with Crippen molar-refractivity contribution in [2.75, 3.05) is 28.2 Å².